The maximum atomic E-state index is 4.68. The topological polar surface area (TPSA) is 21.6 Å². The van der Waals surface area contributed by atoms with E-state index in [9.17, 15) is 0 Å². The third-order valence-electron chi connectivity index (χ3n) is 1.89. The molecule has 0 aromatic rings. The van der Waals surface area contributed by atoms with Crippen LogP contribution in [0.1, 0.15) is 60.3 Å². The van der Waals surface area contributed by atoms with E-state index in [1.165, 1.54) is 18.4 Å². The Labute approximate surface area is 95.4 Å². The van der Waals surface area contributed by atoms with Gasteiger partial charge < -0.3 is 4.84 Å². The molecule has 15 heavy (non-hydrogen) atoms. The van der Waals surface area contributed by atoms with Crippen LogP contribution in [0.5, 0.6) is 0 Å². The summed E-state index contributed by atoms with van der Waals surface area (Å²) in [5, 5.41) is 3.85. The predicted molar refractivity (Wildman–Crippen MR) is 69.4 cm³/mol. The van der Waals surface area contributed by atoms with Gasteiger partial charge >= 0.3 is 0 Å². The van der Waals surface area contributed by atoms with Crippen molar-refractivity contribution in [2.75, 3.05) is 7.11 Å². The summed E-state index contributed by atoms with van der Waals surface area (Å²) in [4.78, 5) is 4.68. The summed E-state index contributed by atoms with van der Waals surface area (Å²) >= 11 is 0. The second-order valence-corrected chi connectivity index (χ2v) is 3.35. The average Bonchev–Trinajstić information content (AvgIpc) is 2.21. The fourth-order valence-electron chi connectivity index (χ4n) is 1.23. The van der Waals surface area contributed by atoms with Gasteiger partial charge in [0.1, 0.15) is 7.11 Å². The van der Waals surface area contributed by atoms with Crippen molar-refractivity contribution in [1.29, 1.82) is 0 Å². The van der Waals surface area contributed by atoms with Crippen LogP contribution in [-0.2, 0) is 4.84 Å². The summed E-state index contributed by atoms with van der Waals surface area (Å²) in [5.74, 6) is 0. The molecule has 0 bridgehead atoms. The van der Waals surface area contributed by atoms with Crippen molar-refractivity contribution in [3.05, 3.63) is 11.6 Å². The molecule has 0 spiro atoms. The summed E-state index contributed by atoms with van der Waals surface area (Å²) in [5.41, 5.74) is 2.54. The summed E-state index contributed by atoms with van der Waals surface area (Å²) in [7, 11) is 1.58. The van der Waals surface area contributed by atoms with E-state index in [1.54, 1.807) is 7.11 Å². The highest BCUT2D eigenvalue weighted by atomic mass is 16.6. The van der Waals surface area contributed by atoms with Crippen LogP contribution < -0.4 is 0 Å². The van der Waals surface area contributed by atoms with Crippen LogP contribution in [0, 0.1) is 0 Å². The zero-order valence-corrected chi connectivity index (χ0v) is 11.3. The number of oxime groups is 1. The lowest BCUT2D eigenvalue weighted by Crippen LogP contribution is -1.91. The molecule has 0 N–H and O–H groups in total. The Morgan fingerprint density at radius 1 is 1.20 bits per heavy atom. The highest BCUT2D eigenvalue weighted by Gasteiger charge is 1.91. The minimum atomic E-state index is 0.995. The van der Waals surface area contributed by atoms with Gasteiger partial charge in [-0.1, -0.05) is 44.0 Å². The lowest BCUT2D eigenvalue weighted by molar-refractivity contribution is 0.212. The zero-order valence-electron chi connectivity index (χ0n) is 11.3. The van der Waals surface area contributed by atoms with Crippen LogP contribution in [-0.4, -0.2) is 12.8 Å². The van der Waals surface area contributed by atoms with Gasteiger partial charge in [-0.05, 0) is 33.1 Å². The first-order valence-electron chi connectivity index (χ1n) is 5.93. The quantitative estimate of drug-likeness (QED) is 0.360. The molecule has 0 aliphatic heterocycles. The van der Waals surface area contributed by atoms with Crippen LogP contribution >= 0.6 is 0 Å². The molecule has 90 valence electrons. The Balaban J connectivity index is 0. The molecular formula is C13H27NO. The van der Waals surface area contributed by atoms with Gasteiger partial charge in [0.15, 0.2) is 0 Å². The van der Waals surface area contributed by atoms with E-state index in [2.05, 4.69) is 29.9 Å². The third-order valence-corrected chi connectivity index (χ3v) is 1.89. The molecule has 0 aliphatic rings. The van der Waals surface area contributed by atoms with Crippen LogP contribution in [0.15, 0.2) is 16.8 Å². The summed E-state index contributed by atoms with van der Waals surface area (Å²) in [6.07, 6.45) is 6.80. The normalized spacial score (nSPS) is 11.9. The maximum absolute atomic E-state index is 4.68. The van der Waals surface area contributed by atoms with Crippen molar-refractivity contribution in [3.8, 4) is 0 Å². The van der Waals surface area contributed by atoms with Gasteiger partial charge in [0.25, 0.3) is 0 Å². The summed E-state index contributed by atoms with van der Waals surface area (Å²) in [6.45, 7) is 10.4. The van der Waals surface area contributed by atoms with E-state index in [4.69, 9.17) is 0 Å². The molecule has 0 radical (unpaired) electrons. The van der Waals surface area contributed by atoms with Gasteiger partial charge in [-0.15, -0.1) is 0 Å². The molecule has 0 rings (SSSR count). The highest BCUT2D eigenvalue weighted by Crippen LogP contribution is 2.06. The van der Waals surface area contributed by atoms with Crippen LogP contribution in [0.4, 0.5) is 0 Å². The van der Waals surface area contributed by atoms with Gasteiger partial charge in [-0.2, -0.15) is 0 Å². The van der Waals surface area contributed by atoms with E-state index < -0.39 is 0 Å². The largest absolute Gasteiger partial charge is 0.399 e. The standard InChI is InChI=1S/C11H21NO.C2H6/c1-5-7-10(2)8-6-9-11(3)12-13-4;1-2/h8H,5-7,9H2,1-4H3;1-2H3/b10-8+,12-11+;. The molecule has 0 aliphatic carbocycles. The first-order valence-corrected chi connectivity index (χ1v) is 5.93. The molecule has 0 unspecified atom stereocenters. The lowest BCUT2D eigenvalue weighted by Gasteiger charge is -1.98. The number of nitrogens with zero attached hydrogens (tertiary/aromatic N) is 1. The molecule has 2 nitrogen and oxygen atoms in total. The molecule has 0 amide bonds. The lowest BCUT2D eigenvalue weighted by atomic mass is 10.1. The average molecular weight is 213 g/mol. The Morgan fingerprint density at radius 3 is 2.27 bits per heavy atom. The van der Waals surface area contributed by atoms with E-state index in [1.807, 2.05) is 20.8 Å². The van der Waals surface area contributed by atoms with E-state index in [-0.39, 0.29) is 0 Å². The number of rotatable bonds is 6. The Morgan fingerprint density at radius 2 is 1.80 bits per heavy atom. The minimum Gasteiger partial charge on any atom is -0.399 e. The fourth-order valence-corrected chi connectivity index (χ4v) is 1.23. The minimum absolute atomic E-state index is 0.995. The van der Waals surface area contributed by atoms with Gasteiger partial charge in [0.2, 0.25) is 0 Å². The molecule has 0 aromatic carbocycles. The van der Waals surface area contributed by atoms with Crippen molar-refractivity contribution in [2.24, 2.45) is 5.16 Å². The highest BCUT2D eigenvalue weighted by molar-refractivity contribution is 5.81. The monoisotopic (exact) mass is 213 g/mol. The number of allylic oxidation sites excluding steroid dienone is 2. The Bertz CT molecular complexity index is 183. The number of hydrogen-bond donors (Lipinski definition) is 0. The van der Waals surface area contributed by atoms with Gasteiger partial charge in [0, 0.05) is 0 Å². The second-order valence-electron chi connectivity index (χ2n) is 3.35. The third kappa shape index (κ3) is 13.2. The van der Waals surface area contributed by atoms with Crippen LogP contribution in [0.2, 0.25) is 0 Å². The molecule has 2 heteroatoms. The molecule has 0 saturated heterocycles. The van der Waals surface area contributed by atoms with E-state index >= 15 is 0 Å². The molecule has 0 fully saturated rings. The van der Waals surface area contributed by atoms with Crippen molar-refractivity contribution >= 4 is 5.71 Å². The zero-order chi connectivity index (χ0) is 12.1. The van der Waals surface area contributed by atoms with Gasteiger partial charge in [-0.25, -0.2) is 0 Å². The van der Waals surface area contributed by atoms with Gasteiger partial charge in [-0.3, -0.25) is 0 Å². The van der Waals surface area contributed by atoms with Crippen molar-refractivity contribution in [2.45, 2.75) is 60.3 Å². The molecule has 0 heterocycles. The summed E-state index contributed by atoms with van der Waals surface area (Å²) in [6, 6.07) is 0. The van der Waals surface area contributed by atoms with E-state index in [0.717, 1.165) is 18.6 Å². The Hall–Kier alpha value is -0.790. The fraction of sp³-hybridized carbons (Fsp3) is 0.769. The summed E-state index contributed by atoms with van der Waals surface area (Å²) < 4.78 is 0. The number of hydrogen-bond acceptors (Lipinski definition) is 2. The second kappa shape index (κ2) is 13.2. The van der Waals surface area contributed by atoms with Crippen molar-refractivity contribution in [1.82, 2.24) is 0 Å². The molecule has 0 saturated carbocycles. The van der Waals surface area contributed by atoms with E-state index in [0.29, 0.717) is 0 Å². The van der Waals surface area contributed by atoms with Gasteiger partial charge in [0.05, 0.1) is 5.71 Å². The SMILES string of the molecule is CC.CCC/C(C)=C/CC/C(C)=N/OC. The Kier molecular flexibility index (Phi) is 14.6. The van der Waals surface area contributed by atoms with Crippen LogP contribution in [0.25, 0.3) is 0 Å². The first-order chi connectivity index (χ1) is 7.20. The van der Waals surface area contributed by atoms with Crippen molar-refractivity contribution < 1.29 is 4.84 Å². The van der Waals surface area contributed by atoms with Crippen LogP contribution in [0.3, 0.4) is 0 Å². The molecule has 0 aromatic heterocycles. The smallest absolute Gasteiger partial charge is 0.106 e. The molecule has 0 atom stereocenters. The van der Waals surface area contributed by atoms with Crippen molar-refractivity contribution in [3.63, 3.8) is 0 Å². The molecular weight excluding hydrogens is 186 g/mol. The first kappa shape index (κ1) is 16.6. The maximum Gasteiger partial charge on any atom is 0.106 e. The predicted octanol–water partition coefficient (Wildman–Crippen LogP) is 4.56.